The predicted molar refractivity (Wildman–Crippen MR) is 98.7 cm³/mol. The average Bonchev–Trinajstić information content (AvgIpc) is 3.12. The second-order valence-corrected chi connectivity index (χ2v) is 7.55. The monoisotopic (exact) mass is 390 g/mol. The molecule has 0 aliphatic heterocycles. The first-order chi connectivity index (χ1) is 12.9. The standard InChI is InChI=1S/C18H22N4O4S/c19-9-2-11-22(13-16-3-1-12-26-16)14-18(23)21-10-8-15-4-6-17(7-5-15)27(20,24)25/h1,3-7,12H,2,8,10-11,13-14H2,(H,21,23)(H2,20,24,25). The van der Waals surface area contributed by atoms with Crippen molar-refractivity contribution >= 4 is 15.9 Å². The average molecular weight is 390 g/mol. The molecule has 0 aliphatic rings. The van der Waals surface area contributed by atoms with Crippen LogP contribution in [-0.2, 0) is 27.8 Å². The summed E-state index contributed by atoms with van der Waals surface area (Å²) in [6.45, 7) is 1.50. The molecule has 1 heterocycles. The van der Waals surface area contributed by atoms with Crippen LogP contribution < -0.4 is 10.5 Å². The summed E-state index contributed by atoms with van der Waals surface area (Å²) in [4.78, 5) is 14.1. The maximum Gasteiger partial charge on any atom is 0.238 e. The van der Waals surface area contributed by atoms with Crippen LogP contribution in [0.4, 0.5) is 0 Å². The smallest absolute Gasteiger partial charge is 0.238 e. The third-order valence-electron chi connectivity index (χ3n) is 3.85. The largest absolute Gasteiger partial charge is 0.468 e. The molecule has 0 unspecified atom stereocenters. The van der Waals surface area contributed by atoms with Crippen molar-refractivity contribution in [3.63, 3.8) is 0 Å². The van der Waals surface area contributed by atoms with Crippen LogP contribution in [0.1, 0.15) is 17.7 Å². The van der Waals surface area contributed by atoms with Gasteiger partial charge in [-0.05, 0) is 36.2 Å². The summed E-state index contributed by atoms with van der Waals surface area (Å²) in [5, 5.41) is 16.7. The van der Waals surface area contributed by atoms with Crippen LogP contribution in [0, 0.1) is 11.3 Å². The van der Waals surface area contributed by atoms with Crippen LogP contribution in [0.3, 0.4) is 0 Å². The number of rotatable bonds is 10. The SMILES string of the molecule is N#CCCN(CC(=O)NCCc1ccc(S(N)(=O)=O)cc1)Cc1ccco1. The van der Waals surface area contributed by atoms with E-state index in [1.165, 1.54) is 12.1 Å². The summed E-state index contributed by atoms with van der Waals surface area (Å²) in [6, 6.07) is 11.9. The van der Waals surface area contributed by atoms with Crippen LogP contribution in [0.5, 0.6) is 0 Å². The molecule has 0 radical (unpaired) electrons. The molecule has 0 atom stereocenters. The topological polar surface area (TPSA) is 129 Å². The second-order valence-electron chi connectivity index (χ2n) is 5.99. The van der Waals surface area contributed by atoms with E-state index in [1.54, 1.807) is 24.5 Å². The van der Waals surface area contributed by atoms with E-state index >= 15 is 0 Å². The Labute approximate surface area is 158 Å². The van der Waals surface area contributed by atoms with Crippen molar-refractivity contribution in [1.29, 1.82) is 5.26 Å². The molecule has 9 heteroatoms. The highest BCUT2D eigenvalue weighted by atomic mass is 32.2. The number of carbonyl (C=O) groups is 1. The number of furan rings is 1. The Kier molecular flexibility index (Phi) is 7.55. The van der Waals surface area contributed by atoms with Crippen molar-refractivity contribution in [1.82, 2.24) is 10.2 Å². The Balaban J connectivity index is 1.80. The summed E-state index contributed by atoms with van der Waals surface area (Å²) < 4.78 is 27.7. The lowest BCUT2D eigenvalue weighted by molar-refractivity contribution is -0.122. The van der Waals surface area contributed by atoms with E-state index in [-0.39, 0.29) is 17.3 Å². The Morgan fingerprint density at radius 1 is 1.26 bits per heavy atom. The normalized spacial score (nSPS) is 11.3. The minimum atomic E-state index is -3.70. The van der Waals surface area contributed by atoms with E-state index in [9.17, 15) is 13.2 Å². The number of sulfonamides is 1. The number of nitrogens with two attached hydrogens (primary N) is 1. The fourth-order valence-electron chi connectivity index (χ4n) is 2.50. The van der Waals surface area contributed by atoms with Gasteiger partial charge in [-0.25, -0.2) is 13.6 Å². The molecule has 0 bridgehead atoms. The first-order valence-electron chi connectivity index (χ1n) is 8.38. The highest BCUT2D eigenvalue weighted by Crippen LogP contribution is 2.09. The lowest BCUT2D eigenvalue weighted by atomic mass is 10.1. The highest BCUT2D eigenvalue weighted by molar-refractivity contribution is 7.89. The minimum absolute atomic E-state index is 0.0568. The van der Waals surface area contributed by atoms with Crippen molar-refractivity contribution in [2.75, 3.05) is 19.6 Å². The van der Waals surface area contributed by atoms with Gasteiger partial charge >= 0.3 is 0 Å². The molecule has 0 saturated heterocycles. The number of amides is 1. The summed E-state index contributed by atoms with van der Waals surface area (Å²) in [5.74, 6) is 0.580. The Bertz CT molecular complexity index is 871. The Morgan fingerprint density at radius 3 is 2.59 bits per heavy atom. The van der Waals surface area contributed by atoms with Gasteiger partial charge in [0.15, 0.2) is 0 Å². The maximum atomic E-state index is 12.2. The number of nitrogens with zero attached hydrogens (tertiary/aromatic N) is 2. The van der Waals surface area contributed by atoms with Crippen LogP contribution in [0.2, 0.25) is 0 Å². The zero-order valence-electron chi connectivity index (χ0n) is 14.8. The van der Waals surface area contributed by atoms with Crippen LogP contribution >= 0.6 is 0 Å². The van der Waals surface area contributed by atoms with Gasteiger partial charge in [-0.2, -0.15) is 5.26 Å². The van der Waals surface area contributed by atoms with Gasteiger partial charge in [0.2, 0.25) is 15.9 Å². The van der Waals surface area contributed by atoms with Gasteiger partial charge in [0, 0.05) is 19.5 Å². The molecule has 0 spiro atoms. The van der Waals surface area contributed by atoms with E-state index in [2.05, 4.69) is 11.4 Å². The molecular weight excluding hydrogens is 368 g/mol. The number of benzene rings is 1. The van der Waals surface area contributed by atoms with E-state index in [1.807, 2.05) is 11.0 Å². The fraction of sp³-hybridized carbons (Fsp3) is 0.333. The van der Waals surface area contributed by atoms with Crippen LogP contribution in [0.15, 0.2) is 52.0 Å². The molecule has 8 nitrogen and oxygen atoms in total. The van der Waals surface area contributed by atoms with Crippen molar-refractivity contribution in [3.8, 4) is 6.07 Å². The number of hydrogen-bond donors (Lipinski definition) is 2. The van der Waals surface area contributed by atoms with Gasteiger partial charge in [-0.15, -0.1) is 0 Å². The highest BCUT2D eigenvalue weighted by Gasteiger charge is 2.12. The van der Waals surface area contributed by atoms with Gasteiger partial charge in [-0.3, -0.25) is 9.69 Å². The van der Waals surface area contributed by atoms with Crippen molar-refractivity contribution in [3.05, 3.63) is 54.0 Å². The van der Waals surface area contributed by atoms with E-state index < -0.39 is 10.0 Å². The molecule has 1 aromatic carbocycles. The predicted octanol–water partition coefficient (Wildman–Crippen LogP) is 1.00. The van der Waals surface area contributed by atoms with E-state index in [0.29, 0.717) is 32.5 Å². The lowest BCUT2D eigenvalue weighted by Gasteiger charge is -2.19. The summed E-state index contributed by atoms with van der Waals surface area (Å²) in [6.07, 6.45) is 2.45. The number of primary sulfonamides is 1. The van der Waals surface area contributed by atoms with Gasteiger partial charge in [-0.1, -0.05) is 12.1 Å². The Hall–Kier alpha value is -2.67. The van der Waals surface area contributed by atoms with E-state index in [0.717, 1.165) is 11.3 Å². The first kappa shape index (κ1) is 20.6. The molecule has 0 saturated carbocycles. The number of nitriles is 1. The van der Waals surface area contributed by atoms with Gasteiger partial charge in [0.05, 0.1) is 30.3 Å². The molecule has 144 valence electrons. The molecule has 2 rings (SSSR count). The second kappa shape index (κ2) is 9.87. The zero-order valence-corrected chi connectivity index (χ0v) is 15.6. The Morgan fingerprint density at radius 2 is 2.00 bits per heavy atom. The van der Waals surface area contributed by atoms with E-state index in [4.69, 9.17) is 14.8 Å². The van der Waals surface area contributed by atoms with Crippen molar-refractivity contribution < 1.29 is 17.6 Å². The summed E-state index contributed by atoms with van der Waals surface area (Å²) in [7, 11) is -3.70. The number of carbonyl (C=O) groups excluding carboxylic acids is 1. The van der Waals surface area contributed by atoms with Crippen molar-refractivity contribution in [2.45, 2.75) is 24.3 Å². The molecule has 27 heavy (non-hydrogen) atoms. The molecular formula is C18H22N4O4S. The van der Waals surface area contributed by atoms with Gasteiger partial charge in [0.1, 0.15) is 5.76 Å². The quantitative estimate of drug-likeness (QED) is 0.622. The third-order valence-corrected chi connectivity index (χ3v) is 4.78. The van der Waals surface area contributed by atoms with Crippen LogP contribution in [0.25, 0.3) is 0 Å². The first-order valence-corrected chi connectivity index (χ1v) is 9.93. The summed E-state index contributed by atoms with van der Waals surface area (Å²) in [5.41, 5.74) is 0.889. The fourth-order valence-corrected chi connectivity index (χ4v) is 3.01. The van der Waals surface area contributed by atoms with Gasteiger partial charge < -0.3 is 9.73 Å². The number of nitrogens with one attached hydrogen (secondary N) is 1. The minimum Gasteiger partial charge on any atom is -0.468 e. The molecule has 3 N–H and O–H groups in total. The summed E-state index contributed by atoms with van der Waals surface area (Å²) >= 11 is 0. The molecule has 1 aromatic heterocycles. The van der Waals surface area contributed by atoms with Crippen molar-refractivity contribution in [2.24, 2.45) is 5.14 Å². The zero-order chi connectivity index (χ0) is 19.7. The van der Waals surface area contributed by atoms with Gasteiger partial charge in [0.25, 0.3) is 0 Å². The lowest BCUT2D eigenvalue weighted by Crippen LogP contribution is -2.38. The maximum absolute atomic E-state index is 12.2. The molecule has 0 aliphatic carbocycles. The number of hydrogen-bond acceptors (Lipinski definition) is 6. The third kappa shape index (κ3) is 7.22. The molecule has 0 fully saturated rings. The molecule has 1 amide bonds. The molecule has 2 aromatic rings. The van der Waals surface area contributed by atoms with Crippen LogP contribution in [-0.4, -0.2) is 38.9 Å².